The summed E-state index contributed by atoms with van der Waals surface area (Å²) < 4.78 is 0. The molecule has 0 radical (unpaired) electrons. The molecule has 0 aliphatic rings. The summed E-state index contributed by atoms with van der Waals surface area (Å²) in [5.74, 6) is 0.0286. The first-order valence-electron chi connectivity index (χ1n) is 7.97. The summed E-state index contributed by atoms with van der Waals surface area (Å²) in [6, 6.07) is 18.1. The third-order valence-electron chi connectivity index (χ3n) is 3.99. The zero-order valence-electron chi connectivity index (χ0n) is 13.3. The third-order valence-corrected chi connectivity index (χ3v) is 3.99. The molecule has 0 atom stereocenters. The van der Waals surface area contributed by atoms with Gasteiger partial charge >= 0.3 is 0 Å². The van der Waals surface area contributed by atoms with Crippen molar-refractivity contribution in [2.45, 2.75) is 26.2 Å². The van der Waals surface area contributed by atoms with Crippen molar-refractivity contribution >= 4 is 22.5 Å². The lowest BCUT2D eigenvalue weighted by atomic mass is 10.1. The summed E-state index contributed by atoms with van der Waals surface area (Å²) >= 11 is 0. The highest BCUT2D eigenvalue weighted by molar-refractivity contribution is 6.00. The molecule has 0 fully saturated rings. The van der Waals surface area contributed by atoms with Gasteiger partial charge in [-0.05, 0) is 48.2 Å². The minimum Gasteiger partial charge on any atom is -0.325 e. The Kier molecular flexibility index (Phi) is 4.67. The van der Waals surface area contributed by atoms with Gasteiger partial charge in [0.05, 0.1) is 11.2 Å². The van der Waals surface area contributed by atoms with Gasteiger partial charge in [-0.1, -0.05) is 37.3 Å². The Morgan fingerprint density at radius 2 is 1.78 bits per heavy atom. The van der Waals surface area contributed by atoms with E-state index in [1.807, 2.05) is 30.3 Å². The first-order valence-corrected chi connectivity index (χ1v) is 7.97. The van der Waals surface area contributed by atoms with Gasteiger partial charge in [0.1, 0.15) is 0 Å². The smallest absolute Gasteiger partial charge is 0.224 e. The Balaban J connectivity index is 1.64. The van der Waals surface area contributed by atoms with Crippen molar-refractivity contribution in [3.8, 4) is 0 Å². The van der Waals surface area contributed by atoms with Gasteiger partial charge in [-0.3, -0.25) is 9.78 Å². The maximum absolute atomic E-state index is 12.2. The number of anilines is 1. The monoisotopic (exact) mass is 304 g/mol. The lowest BCUT2D eigenvalue weighted by Crippen LogP contribution is -2.12. The van der Waals surface area contributed by atoms with Crippen molar-refractivity contribution in [2.24, 2.45) is 0 Å². The molecular weight excluding hydrogens is 284 g/mol. The highest BCUT2D eigenvalue weighted by atomic mass is 16.1. The van der Waals surface area contributed by atoms with Crippen LogP contribution in [-0.4, -0.2) is 10.9 Å². The summed E-state index contributed by atoms with van der Waals surface area (Å²) in [6.45, 7) is 2.14. The molecule has 23 heavy (non-hydrogen) atoms. The predicted octanol–water partition coefficient (Wildman–Crippen LogP) is 4.37. The molecule has 0 bridgehead atoms. The summed E-state index contributed by atoms with van der Waals surface area (Å²) in [4.78, 5) is 16.5. The lowest BCUT2D eigenvalue weighted by molar-refractivity contribution is -0.116. The van der Waals surface area contributed by atoms with Crippen molar-refractivity contribution < 1.29 is 4.79 Å². The molecule has 0 unspecified atom stereocenters. The lowest BCUT2D eigenvalue weighted by Gasteiger charge is -2.08. The number of benzene rings is 2. The van der Waals surface area contributed by atoms with Crippen LogP contribution in [0.25, 0.3) is 10.9 Å². The molecule has 1 N–H and O–H groups in total. The zero-order valence-corrected chi connectivity index (χ0v) is 13.3. The van der Waals surface area contributed by atoms with Crippen LogP contribution in [0.15, 0.2) is 60.8 Å². The predicted molar refractivity (Wildman–Crippen MR) is 94.5 cm³/mol. The number of nitrogens with zero attached hydrogens (tertiary/aromatic N) is 1. The van der Waals surface area contributed by atoms with Crippen LogP contribution in [-0.2, 0) is 17.6 Å². The van der Waals surface area contributed by atoms with Crippen LogP contribution in [0, 0.1) is 0 Å². The van der Waals surface area contributed by atoms with E-state index in [9.17, 15) is 4.79 Å². The number of rotatable bonds is 5. The van der Waals surface area contributed by atoms with Gasteiger partial charge < -0.3 is 5.32 Å². The van der Waals surface area contributed by atoms with Crippen LogP contribution in [0.4, 0.5) is 5.69 Å². The molecule has 3 aromatic rings. The Bertz CT molecular complexity index is 804. The van der Waals surface area contributed by atoms with Crippen molar-refractivity contribution in [1.82, 2.24) is 4.98 Å². The van der Waals surface area contributed by atoms with Crippen molar-refractivity contribution in [3.63, 3.8) is 0 Å². The number of aryl methyl sites for hydroxylation is 2. The maximum Gasteiger partial charge on any atom is 0.224 e. The Morgan fingerprint density at radius 1 is 1.00 bits per heavy atom. The van der Waals surface area contributed by atoms with Crippen LogP contribution in [0.2, 0.25) is 0 Å². The van der Waals surface area contributed by atoms with Crippen LogP contribution in [0.5, 0.6) is 0 Å². The van der Waals surface area contributed by atoms with Gasteiger partial charge in [-0.15, -0.1) is 0 Å². The average Bonchev–Trinajstić information content (AvgIpc) is 2.61. The molecule has 2 aromatic carbocycles. The Hall–Kier alpha value is -2.68. The number of pyridine rings is 1. The first-order chi connectivity index (χ1) is 11.3. The molecule has 3 nitrogen and oxygen atoms in total. The van der Waals surface area contributed by atoms with Crippen molar-refractivity contribution in [1.29, 1.82) is 0 Å². The highest BCUT2D eigenvalue weighted by Gasteiger charge is 2.06. The molecule has 1 heterocycles. The zero-order chi connectivity index (χ0) is 16.1. The SMILES string of the molecule is CCc1ccc(CCC(=O)Nc2cccc3ncccc23)cc1. The topological polar surface area (TPSA) is 42.0 Å². The summed E-state index contributed by atoms with van der Waals surface area (Å²) in [5, 5.41) is 3.97. The number of hydrogen-bond acceptors (Lipinski definition) is 2. The van der Waals surface area contributed by atoms with Gasteiger partial charge in [0.15, 0.2) is 0 Å². The van der Waals surface area contributed by atoms with Gasteiger partial charge in [-0.2, -0.15) is 0 Å². The normalized spacial score (nSPS) is 10.7. The fourth-order valence-electron chi connectivity index (χ4n) is 2.62. The fourth-order valence-corrected chi connectivity index (χ4v) is 2.62. The van der Waals surface area contributed by atoms with Crippen LogP contribution < -0.4 is 5.32 Å². The van der Waals surface area contributed by atoms with Crippen molar-refractivity contribution in [3.05, 3.63) is 71.9 Å². The third kappa shape index (κ3) is 3.75. The van der Waals surface area contributed by atoms with E-state index in [2.05, 4.69) is 41.5 Å². The molecule has 0 aliphatic carbocycles. The number of amides is 1. The van der Waals surface area contributed by atoms with E-state index in [0.717, 1.165) is 29.4 Å². The summed E-state index contributed by atoms with van der Waals surface area (Å²) in [6.07, 6.45) is 4.02. The molecule has 116 valence electrons. The molecule has 3 rings (SSSR count). The number of carbonyl (C=O) groups excluding carboxylic acids is 1. The molecule has 3 heteroatoms. The number of carbonyl (C=O) groups is 1. The molecule has 0 saturated carbocycles. The van der Waals surface area contributed by atoms with Gasteiger partial charge in [-0.25, -0.2) is 0 Å². The Labute approximate surface area is 136 Å². The second-order valence-electron chi connectivity index (χ2n) is 5.59. The standard InChI is InChI=1S/C20H20N2O/c1-2-15-8-10-16(11-9-15)12-13-20(23)22-19-7-3-6-18-17(19)5-4-14-21-18/h3-11,14H,2,12-13H2,1H3,(H,22,23). The number of hydrogen-bond donors (Lipinski definition) is 1. The van der Waals surface area contributed by atoms with Crippen LogP contribution >= 0.6 is 0 Å². The van der Waals surface area contributed by atoms with Gasteiger partial charge in [0.25, 0.3) is 0 Å². The van der Waals surface area contributed by atoms with Gasteiger partial charge in [0.2, 0.25) is 5.91 Å². The van der Waals surface area contributed by atoms with E-state index in [1.54, 1.807) is 6.20 Å². The van der Waals surface area contributed by atoms with Gasteiger partial charge in [0, 0.05) is 18.0 Å². The number of fused-ring (bicyclic) bond motifs is 1. The average molecular weight is 304 g/mol. The minimum absolute atomic E-state index is 0.0286. The fraction of sp³-hybridized carbons (Fsp3) is 0.200. The molecular formula is C20H20N2O. The molecule has 0 spiro atoms. The van der Waals surface area contributed by atoms with E-state index in [-0.39, 0.29) is 5.91 Å². The maximum atomic E-state index is 12.2. The number of aromatic nitrogens is 1. The molecule has 1 amide bonds. The second kappa shape index (κ2) is 7.05. The van der Waals surface area contributed by atoms with Crippen LogP contribution in [0.1, 0.15) is 24.5 Å². The minimum atomic E-state index is 0.0286. The molecule has 0 saturated heterocycles. The molecule has 0 aliphatic heterocycles. The summed E-state index contributed by atoms with van der Waals surface area (Å²) in [7, 11) is 0. The quantitative estimate of drug-likeness (QED) is 0.760. The second-order valence-corrected chi connectivity index (χ2v) is 5.59. The van der Waals surface area contributed by atoms with Crippen LogP contribution in [0.3, 0.4) is 0 Å². The van der Waals surface area contributed by atoms with E-state index in [1.165, 1.54) is 11.1 Å². The van der Waals surface area contributed by atoms with E-state index >= 15 is 0 Å². The van der Waals surface area contributed by atoms with E-state index in [4.69, 9.17) is 0 Å². The summed E-state index contributed by atoms with van der Waals surface area (Å²) in [5.41, 5.74) is 4.22. The van der Waals surface area contributed by atoms with E-state index in [0.29, 0.717) is 6.42 Å². The van der Waals surface area contributed by atoms with Crippen molar-refractivity contribution in [2.75, 3.05) is 5.32 Å². The van der Waals surface area contributed by atoms with E-state index < -0.39 is 0 Å². The highest BCUT2D eigenvalue weighted by Crippen LogP contribution is 2.21. The Morgan fingerprint density at radius 3 is 2.57 bits per heavy atom. The largest absolute Gasteiger partial charge is 0.325 e. The first kappa shape index (κ1) is 15.2. The molecule has 1 aromatic heterocycles. The number of nitrogens with one attached hydrogen (secondary N) is 1.